The maximum atomic E-state index is 11.5. The monoisotopic (exact) mass is 226 g/mol. The lowest BCUT2D eigenvalue weighted by Gasteiger charge is -2.23. The van der Waals surface area contributed by atoms with Gasteiger partial charge < -0.3 is 9.47 Å². The molecule has 0 radical (unpaired) electrons. The summed E-state index contributed by atoms with van der Waals surface area (Å²) in [5.41, 5.74) is -1.99. The molecule has 0 aromatic rings. The Hall–Kier alpha value is -2.17. The second-order valence-corrected chi connectivity index (χ2v) is 3.06. The molecule has 86 valence electrons. The van der Waals surface area contributed by atoms with Crippen LogP contribution in [-0.2, 0) is 19.1 Å². The molecule has 0 amide bonds. The number of hydrogen-bond acceptors (Lipinski definition) is 8. The number of hydrogen-bond donors (Lipinski definition) is 0. The maximum Gasteiger partial charge on any atom is 0.353 e. The molecule has 1 heterocycles. The van der Waals surface area contributed by atoms with Gasteiger partial charge in [0.05, 0.1) is 14.2 Å². The minimum Gasteiger partial charge on any atom is -0.467 e. The number of rotatable bonds is 2. The normalized spacial score (nSPS) is 27.4. The maximum absolute atomic E-state index is 11.5. The smallest absolute Gasteiger partial charge is 0.353 e. The number of carbonyl (C=O) groups excluding carboxylic acids is 2. The Bertz CT molecular complexity index is 388. The topological polar surface area (TPSA) is 104 Å². The van der Waals surface area contributed by atoms with Crippen LogP contribution >= 0.6 is 0 Å². The van der Waals surface area contributed by atoms with Crippen LogP contribution < -0.4 is 0 Å². The second kappa shape index (κ2) is 4.14. The zero-order valence-electron chi connectivity index (χ0n) is 9.00. The molecule has 8 nitrogen and oxygen atoms in total. The van der Waals surface area contributed by atoms with Crippen LogP contribution in [0.4, 0.5) is 0 Å². The number of nitrogens with zero attached hydrogens (tertiary/aromatic N) is 4. The third kappa shape index (κ3) is 1.46. The molecule has 0 N–H and O–H groups in total. The number of likely N-dealkylation sites (N-methyl/N-ethyl adjacent to an activating group) is 1. The molecule has 0 bridgehead atoms. The first kappa shape index (κ1) is 11.9. The Balaban J connectivity index is 3.19. The Morgan fingerprint density at radius 2 is 2.06 bits per heavy atom. The zero-order chi connectivity index (χ0) is 12.3. The lowest BCUT2D eigenvalue weighted by Crippen LogP contribution is -2.54. The molecule has 0 saturated heterocycles. The average molecular weight is 226 g/mol. The number of ether oxygens (including phenoxy) is 2. The molecule has 2 atom stereocenters. The van der Waals surface area contributed by atoms with Crippen molar-refractivity contribution in [2.45, 2.75) is 11.6 Å². The Morgan fingerprint density at radius 3 is 2.50 bits per heavy atom. The third-order valence-corrected chi connectivity index (χ3v) is 2.20. The van der Waals surface area contributed by atoms with E-state index in [1.165, 1.54) is 7.05 Å². The highest BCUT2D eigenvalue weighted by Crippen LogP contribution is 2.29. The zero-order valence-corrected chi connectivity index (χ0v) is 9.00. The van der Waals surface area contributed by atoms with Gasteiger partial charge in [0.25, 0.3) is 5.54 Å². The van der Waals surface area contributed by atoms with Crippen LogP contribution in [-0.4, -0.2) is 49.8 Å². The molecule has 0 saturated carbocycles. The van der Waals surface area contributed by atoms with Crippen molar-refractivity contribution in [3.8, 4) is 6.07 Å². The summed E-state index contributed by atoms with van der Waals surface area (Å²) < 4.78 is 8.95. The van der Waals surface area contributed by atoms with Crippen molar-refractivity contribution in [3.63, 3.8) is 0 Å². The van der Waals surface area contributed by atoms with Crippen molar-refractivity contribution in [1.82, 2.24) is 5.01 Å². The second-order valence-electron chi connectivity index (χ2n) is 3.06. The highest BCUT2D eigenvalue weighted by molar-refractivity contribution is 5.94. The third-order valence-electron chi connectivity index (χ3n) is 2.20. The van der Waals surface area contributed by atoms with E-state index >= 15 is 0 Å². The molecule has 0 fully saturated rings. The first-order valence-corrected chi connectivity index (χ1v) is 4.26. The molecule has 0 aromatic heterocycles. The van der Waals surface area contributed by atoms with E-state index in [4.69, 9.17) is 5.26 Å². The van der Waals surface area contributed by atoms with E-state index in [-0.39, 0.29) is 0 Å². The SMILES string of the molecule is COC(=O)C1N(C)N=NC1(C#N)C(=O)OC. The van der Waals surface area contributed by atoms with Crippen molar-refractivity contribution in [2.24, 2.45) is 10.3 Å². The lowest BCUT2D eigenvalue weighted by molar-refractivity contribution is -0.155. The summed E-state index contributed by atoms with van der Waals surface area (Å²) >= 11 is 0. The van der Waals surface area contributed by atoms with E-state index in [9.17, 15) is 9.59 Å². The van der Waals surface area contributed by atoms with Gasteiger partial charge in [0, 0.05) is 7.05 Å². The van der Waals surface area contributed by atoms with Gasteiger partial charge in [-0.25, -0.2) is 9.59 Å². The number of esters is 2. The predicted octanol–water partition coefficient (Wildman–Crippen LogP) is -0.724. The quantitative estimate of drug-likeness (QED) is 0.575. The molecule has 0 spiro atoms. The van der Waals surface area contributed by atoms with Gasteiger partial charge in [0.15, 0.2) is 6.04 Å². The number of carbonyl (C=O) groups is 2. The van der Waals surface area contributed by atoms with Gasteiger partial charge in [-0.1, -0.05) is 5.22 Å². The van der Waals surface area contributed by atoms with Gasteiger partial charge in [0.1, 0.15) is 6.07 Å². The van der Waals surface area contributed by atoms with E-state index in [0.29, 0.717) is 0 Å². The highest BCUT2D eigenvalue weighted by Gasteiger charge is 2.58. The Kier molecular flexibility index (Phi) is 3.08. The molecule has 1 rings (SSSR count). The van der Waals surface area contributed by atoms with Gasteiger partial charge in [-0.15, -0.1) is 5.11 Å². The van der Waals surface area contributed by atoms with Crippen LogP contribution in [0.1, 0.15) is 0 Å². The van der Waals surface area contributed by atoms with Crippen LogP contribution in [0.2, 0.25) is 0 Å². The Morgan fingerprint density at radius 1 is 1.44 bits per heavy atom. The standard InChI is InChI=1S/C8H10N4O4/c1-12-5(6(13)15-2)8(4-9,10-11-12)7(14)16-3/h5H,1-3H3. The molecule has 16 heavy (non-hydrogen) atoms. The first-order chi connectivity index (χ1) is 7.53. The van der Waals surface area contributed by atoms with E-state index in [0.717, 1.165) is 19.2 Å². The summed E-state index contributed by atoms with van der Waals surface area (Å²) in [6, 6.07) is 0.419. The summed E-state index contributed by atoms with van der Waals surface area (Å²) in [6.45, 7) is 0. The van der Waals surface area contributed by atoms with E-state index in [1.807, 2.05) is 0 Å². The molecule has 1 aliphatic rings. The minimum absolute atomic E-state index is 0.778. The largest absolute Gasteiger partial charge is 0.467 e. The summed E-state index contributed by atoms with van der Waals surface area (Å²) in [5.74, 6) is -1.72. The van der Waals surface area contributed by atoms with Crippen molar-refractivity contribution >= 4 is 11.9 Å². The molecule has 0 aliphatic carbocycles. The molecular weight excluding hydrogens is 216 g/mol. The van der Waals surface area contributed by atoms with E-state index in [1.54, 1.807) is 6.07 Å². The van der Waals surface area contributed by atoms with Crippen LogP contribution in [0.5, 0.6) is 0 Å². The van der Waals surface area contributed by atoms with Gasteiger partial charge in [-0.2, -0.15) is 5.26 Å². The van der Waals surface area contributed by atoms with Crippen molar-refractivity contribution in [3.05, 3.63) is 0 Å². The fourth-order valence-corrected chi connectivity index (χ4v) is 1.39. The number of nitriles is 1. The van der Waals surface area contributed by atoms with Crippen molar-refractivity contribution < 1.29 is 19.1 Å². The average Bonchev–Trinajstić information content (AvgIpc) is 2.65. The fraction of sp³-hybridized carbons (Fsp3) is 0.625. The molecule has 8 heteroatoms. The van der Waals surface area contributed by atoms with Crippen LogP contribution in [0.3, 0.4) is 0 Å². The highest BCUT2D eigenvalue weighted by atomic mass is 16.5. The van der Waals surface area contributed by atoms with Gasteiger partial charge in [-0.05, 0) is 0 Å². The first-order valence-electron chi connectivity index (χ1n) is 4.26. The Labute approximate surface area is 91.4 Å². The van der Waals surface area contributed by atoms with Gasteiger partial charge in [-0.3, -0.25) is 5.01 Å². The minimum atomic E-state index is -1.99. The number of methoxy groups -OCH3 is 2. The lowest BCUT2D eigenvalue weighted by atomic mass is 9.93. The van der Waals surface area contributed by atoms with E-state index in [2.05, 4.69) is 19.8 Å². The summed E-state index contributed by atoms with van der Waals surface area (Å²) in [5, 5.41) is 17.1. The van der Waals surface area contributed by atoms with Crippen LogP contribution in [0.15, 0.2) is 10.3 Å². The molecule has 0 aromatic carbocycles. The van der Waals surface area contributed by atoms with Crippen molar-refractivity contribution in [1.29, 1.82) is 5.26 Å². The van der Waals surface area contributed by atoms with Crippen LogP contribution in [0, 0.1) is 11.3 Å². The predicted molar refractivity (Wildman–Crippen MR) is 48.8 cm³/mol. The summed E-state index contributed by atoms with van der Waals surface area (Å²) in [6.07, 6.45) is 0. The van der Waals surface area contributed by atoms with Crippen molar-refractivity contribution in [2.75, 3.05) is 21.3 Å². The fourth-order valence-electron chi connectivity index (χ4n) is 1.39. The summed E-state index contributed by atoms with van der Waals surface area (Å²) in [7, 11) is 3.66. The molecule has 1 aliphatic heterocycles. The molecular formula is C8H10N4O4. The summed E-state index contributed by atoms with van der Waals surface area (Å²) in [4.78, 5) is 23.0. The van der Waals surface area contributed by atoms with Crippen LogP contribution in [0.25, 0.3) is 0 Å². The van der Waals surface area contributed by atoms with Gasteiger partial charge in [0.2, 0.25) is 0 Å². The van der Waals surface area contributed by atoms with Gasteiger partial charge >= 0.3 is 11.9 Å². The van der Waals surface area contributed by atoms with E-state index < -0.39 is 23.5 Å². The molecule has 2 unspecified atom stereocenters.